The molecule has 1 aliphatic carbocycles. The molecular weight excluding hydrogens is 294 g/mol. The fraction of sp³-hybridized carbons (Fsp3) is 0.500. The van der Waals surface area contributed by atoms with Crippen LogP contribution in [0.15, 0.2) is 52.7 Å². The van der Waals surface area contributed by atoms with Crippen molar-refractivity contribution in [2.45, 2.75) is 48.5 Å². The van der Waals surface area contributed by atoms with Crippen LogP contribution in [-0.2, 0) is 0 Å². The number of rotatable bonds is 2. The maximum Gasteiger partial charge on any atom is 0.124 e. The highest BCUT2D eigenvalue weighted by molar-refractivity contribution is 5.84. The minimum Gasteiger partial charge on any atom is -0.507 e. The van der Waals surface area contributed by atoms with Crippen LogP contribution in [0.2, 0.25) is 0 Å². The first-order valence-electron chi connectivity index (χ1n) is 8.76. The number of allylic oxidation sites excluding steroid dienone is 3. The molecule has 1 aliphatic rings. The maximum absolute atomic E-state index is 9.92. The molecule has 1 N–H and O–H groups in total. The molecule has 24 heavy (non-hydrogen) atoms. The molecule has 0 saturated heterocycles. The molecule has 0 aromatic heterocycles. The molecule has 0 radical (unpaired) electrons. The lowest BCUT2D eigenvalue weighted by molar-refractivity contribution is 0.217. The second-order valence-electron chi connectivity index (χ2n) is 8.94. The molecule has 0 aliphatic heterocycles. The van der Waals surface area contributed by atoms with E-state index in [0.29, 0.717) is 11.8 Å². The van der Waals surface area contributed by atoms with E-state index in [1.54, 1.807) is 12.3 Å². The predicted molar refractivity (Wildman–Crippen MR) is 103 cm³/mol. The fourth-order valence-corrected chi connectivity index (χ4v) is 3.58. The Balaban J connectivity index is 2.42. The standard InChI is InChI=1S/C22H31NO/c1-15-18(21(2,3)4)12-17(13-19(15)22(5,6)7)23-14-16-10-8-9-11-20(16)24/h8-15,18,24H,1-7H3. The number of aliphatic imine (C=N–C) groups is 1. The number of benzene rings is 1. The summed E-state index contributed by atoms with van der Waals surface area (Å²) in [5.41, 5.74) is 3.47. The molecule has 0 heterocycles. The molecular formula is C22H31NO. The van der Waals surface area contributed by atoms with Crippen LogP contribution >= 0.6 is 0 Å². The number of phenolic OH excluding ortho intramolecular Hbond substituents is 1. The average molecular weight is 325 g/mol. The van der Waals surface area contributed by atoms with Crippen molar-refractivity contribution in [2.24, 2.45) is 27.7 Å². The van der Waals surface area contributed by atoms with Gasteiger partial charge < -0.3 is 5.11 Å². The van der Waals surface area contributed by atoms with E-state index in [2.05, 4.69) is 65.6 Å². The zero-order valence-electron chi connectivity index (χ0n) is 16.1. The normalized spacial score (nSPS) is 22.5. The van der Waals surface area contributed by atoms with Gasteiger partial charge in [-0.15, -0.1) is 0 Å². The molecule has 0 saturated carbocycles. The number of hydrogen-bond acceptors (Lipinski definition) is 2. The molecule has 0 spiro atoms. The lowest BCUT2D eigenvalue weighted by atomic mass is 9.64. The summed E-state index contributed by atoms with van der Waals surface area (Å²) in [4.78, 5) is 4.68. The van der Waals surface area contributed by atoms with Crippen molar-refractivity contribution in [3.8, 4) is 5.75 Å². The Hall–Kier alpha value is -1.83. The topological polar surface area (TPSA) is 32.6 Å². The highest BCUT2D eigenvalue weighted by Gasteiger charge is 2.36. The molecule has 2 rings (SSSR count). The van der Waals surface area contributed by atoms with Gasteiger partial charge in [0.25, 0.3) is 0 Å². The van der Waals surface area contributed by atoms with Gasteiger partial charge >= 0.3 is 0 Å². The van der Waals surface area contributed by atoms with E-state index in [1.807, 2.05) is 18.2 Å². The molecule has 0 amide bonds. The van der Waals surface area contributed by atoms with Gasteiger partial charge in [0.15, 0.2) is 0 Å². The summed E-state index contributed by atoms with van der Waals surface area (Å²) in [6.07, 6.45) is 6.27. The lowest BCUT2D eigenvalue weighted by Gasteiger charge is -2.41. The Morgan fingerprint density at radius 3 is 2.21 bits per heavy atom. The molecule has 1 aromatic carbocycles. The monoisotopic (exact) mass is 325 g/mol. The molecule has 2 nitrogen and oxygen atoms in total. The van der Waals surface area contributed by atoms with Crippen molar-refractivity contribution >= 4 is 6.21 Å². The van der Waals surface area contributed by atoms with Gasteiger partial charge in [-0.1, -0.05) is 72.2 Å². The van der Waals surface area contributed by atoms with Crippen LogP contribution in [0, 0.1) is 22.7 Å². The van der Waals surface area contributed by atoms with Crippen LogP contribution in [-0.4, -0.2) is 11.3 Å². The Morgan fingerprint density at radius 1 is 1.04 bits per heavy atom. The Bertz CT molecular complexity index is 681. The summed E-state index contributed by atoms with van der Waals surface area (Å²) in [6.45, 7) is 16.0. The van der Waals surface area contributed by atoms with Crippen LogP contribution in [0.25, 0.3) is 0 Å². The third kappa shape index (κ3) is 4.17. The molecule has 130 valence electrons. The predicted octanol–water partition coefficient (Wildman–Crippen LogP) is 5.98. The first-order chi connectivity index (χ1) is 11.0. The largest absolute Gasteiger partial charge is 0.507 e. The van der Waals surface area contributed by atoms with Crippen LogP contribution in [0.5, 0.6) is 5.75 Å². The summed E-state index contributed by atoms with van der Waals surface area (Å²) >= 11 is 0. The van der Waals surface area contributed by atoms with Gasteiger partial charge in [0.2, 0.25) is 0 Å². The Morgan fingerprint density at radius 2 is 1.67 bits per heavy atom. The lowest BCUT2D eigenvalue weighted by Crippen LogP contribution is -2.32. The molecule has 1 aromatic rings. The van der Waals surface area contributed by atoms with Crippen molar-refractivity contribution in [1.82, 2.24) is 0 Å². The van der Waals surface area contributed by atoms with Crippen LogP contribution in [0.3, 0.4) is 0 Å². The van der Waals surface area contributed by atoms with E-state index in [9.17, 15) is 5.11 Å². The number of aromatic hydroxyl groups is 1. The highest BCUT2D eigenvalue weighted by atomic mass is 16.3. The highest BCUT2D eigenvalue weighted by Crippen LogP contribution is 2.46. The zero-order valence-corrected chi connectivity index (χ0v) is 16.1. The van der Waals surface area contributed by atoms with Gasteiger partial charge in [0, 0.05) is 11.8 Å². The van der Waals surface area contributed by atoms with E-state index >= 15 is 0 Å². The number of hydrogen-bond donors (Lipinski definition) is 1. The number of nitrogens with zero attached hydrogens (tertiary/aromatic N) is 1. The second-order valence-corrected chi connectivity index (χ2v) is 8.94. The van der Waals surface area contributed by atoms with E-state index in [1.165, 1.54) is 5.57 Å². The SMILES string of the molecule is CC1C(C(C)(C)C)=CC(N=Cc2ccccc2O)=CC1C(C)(C)C. The van der Waals surface area contributed by atoms with Gasteiger partial charge in [0.1, 0.15) is 5.75 Å². The molecule has 2 atom stereocenters. The Labute approximate surface area is 147 Å². The first-order valence-corrected chi connectivity index (χ1v) is 8.76. The third-order valence-corrected chi connectivity index (χ3v) is 4.84. The second kappa shape index (κ2) is 6.58. The smallest absolute Gasteiger partial charge is 0.124 e. The van der Waals surface area contributed by atoms with Gasteiger partial charge in [-0.25, -0.2) is 0 Å². The van der Waals surface area contributed by atoms with Gasteiger partial charge in [0.05, 0.1) is 5.70 Å². The first kappa shape index (κ1) is 18.5. The molecule has 0 fully saturated rings. The van der Waals surface area contributed by atoms with E-state index in [-0.39, 0.29) is 16.6 Å². The van der Waals surface area contributed by atoms with Crippen molar-refractivity contribution in [3.63, 3.8) is 0 Å². The summed E-state index contributed by atoms with van der Waals surface area (Å²) in [5.74, 6) is 1.20. The van der Waals surface area contributed by atoms with Crippen LogP contribution in [0.4, 0.5) is 0 Å². The van der Waals surface area contributed by atoms with E-state index in [0.717, 1.165) is 11.3 Å². The fourth-order valence-electron chi connectivity index (χ4n) is 3.58. The minimum atomic E-state index is 0.118. The van der Waals surface area contributed by atoms with Gasteiger partial charge in [-0.2, -0.15) is 0 Å². The van der Waals surface area contributed by atoms with Gasteiger partial charge in [-0.3, -0.25) is 4.99 Å². The Kier molecular flexibility index (Phi) is 5.08. The average Bonchev–Trinajstić information content (AvgIpc) is 2.45. The van der Waals surface area contributed by atoms with Crippen LogP contribution < -0.4 is 0 Å². The van der Waals surface area contributed by atoms with Crippen molar-refractivity contribution in [2.75, 3.05) is 0 Å². The number of phenols is 1. The van der Waals surface area contributed by atoms with Crippen molar-refractivity contribution in [3.05, 3.63) is 53.3 Å². The quantitative estimate of drug-likeness (QED) is 0.667. The van der Waals surface area contributed by atoms with E-state index < -0.39 is 0 Å². The summed E-state index contributed by atoms with van der Waals surface area (Å²) in [7, 11) is 0. The van der Waals surface area contributed by atoms with E-state index in [4.69, 9.17) is 0 Å². The van der Waals surface area contributed by atoms with Crippen LogP contribution in [0.1, 0.15) is 54.0 Å². The molecule has 2 unspecified atom stereocenters. The minimum absolute atomic E-state index is 0.118. The molecule has 2 heteroatoms. The number of para-hydroxylation sites is 1. The third-order valence-electron chi connectivity index (χ3n) is 4.84. The summed E-state index contributed by atoms with van der Waals surface area (Å²) in [6, 6.07) is 7.29. The zero-order chi connectivity index (χ0) is 18.1. The maximum atomic E-state index is 9.92. The summed E-state index contributed by atoms with van der Waals surface area (Å²) in [5, 5.41) is 9.92. The summed E-state index contributed by atoms with van der Waals surface area (Å²) < 4.78 is 0. The van der Waals surface area contributed by atoms with Gasteiger partial charge in [-0.05, 0) is 40.9 Å². The molecule has 0 bridgehead atoms. The van der Waals surface area contributed by atoms with Crippen molar-refractivity contribution in [1.29, 1.82) is 0 Å². The van der Waals surface area contributed by atoms with Crippen molar-refractivity contribution < 1.29 is 5.11 Å².